The minimum atomic E-state index is -0.388. The molecule has 31 heavy (non-hydrogen) atoms. The summed E-state index contributed by atoms with van der Waals surface area (Å²) in [6.07, 6.45) is 8.28. The molecule has 0 N–H and O–H groups in total. The minimum absolute atomic E-state index is 0.0214. The Labute approximate surface area is 179 Å². The van der Waals surface area contributed by atoms with Crippen LogP contribution in [0.25, 0.3) is 5.69 Å². The van der Waals surface area contributed by atoms with Crippen LogP contribution in [0.5, 0.6) is 5.88 Å². The zero-order chi connectivity index (χ0) is 21.4. The van der Waals surface area contributed by atoms with E-state index in [1.165, 1.54) is 16.9 Å². The number of halogens is 1. The Morgan fingerprint density at radius 3 is 2.71 bits per heavy atom. The summed E-state index contributed by atoms with van der Waals surface area (Å²) < 4.78 is 18.9. The van der Waals surface area contributed by atoms with Crippen molar-refractivity contribution < 1.29 is 13.9 Å². The average molecular weight is 421 g/mol. The van der Waals surface area contributed by atoms with E-state index >= 15 is 0 Å². The highest BCUT2D eigenvalue weighted by atomic mass is 19.1. The molecule has 1 unspecified atom stereocenters. The standard InChI is InChI=1S/C23H24FN5O2/c1-15-2-7-21(29-26-10-11-27-29)19(12-15)23(30)28-18-5-3-16(20(28)8-6-18)14-31-22-9-4-17(24)13-25-22/h2,4,7,9-13,16,18,20H,3,5-6,8,14H2,1H3/t16-,18?,20+/m1/s1. The van der Waals surface area contributed by atoms with E-state index in [1.54, 1.807) is 12.4 Å². The summed E-state index contributed by atoms with van der Waals surface area (Å²) in [6, 6.07) is 9.02. The molecule has 2 aliphatic rings. The molecule has 2 bridgehead atoms. The summed E-state index contributed by atoms with van der Waals surface area (Å²) in [4.78, 5) is 21.3. The molecule has 2 fully saturated rings. The number of ether oxygens (including phenoxy) is 1. The molecule has 3 aromatic rings. The molecule has 1 aromatic carbocycles. The average Bonchev–Trinajstić information content (AvgIpc) is 3.41. The second kappa shape index (κ2) is 8.09. The number of amides is 1. The zero-order valence-electron chi connectivity index (χ0n) is 17.3. The number of carbonyl (C=O) groups excluding carboxylic acids is 1. The quantitative estimate of drug-likeness (QED) is 0.630. The lowest BCUT2D eigenvalue weighted by Gasteiger charge is -2.40. The van der Waals surface area contributed by atoms with Gasteiger partial charge in [0.25, 0.3) is 5.91 Å². The van der Waals surface area contributed by atoms with Gasteiger partial charge in [0, 0.05) is 24.1 Å². The summed E-state index contributed by atoms with van der Waals surface area (Å²) in [5.74, 6) is 0.255. The van der Waals surface area contributed by atoms with Crippen molar-refractivity contribution in [2.24, 2.45) is 5.92 Å². The van der Waals surface area contributed by atoms with Crippen LogP contribution in [0.1, 0.15) is 41.6 Å². The maximum atomic E-state index is 13.7. The molecule has 160 valence electrons. The van der Waals surface area contributed by atoms with Crippen molar-refractivity contribution in [1.82, 2.24) is 24.9 Å². The number of pyridine rings is 1. The molecule has 8 heteroatoms. The fourth-order valence-electron chi connectivity index (χ4n) is 4.88. The van der Waals surface area contributed by atoms with Gasteiger partial charge in [-0.2, -0.15) is 15.0 Å². The second-order valence-electron chi connectivity index (χ2n) is 8.31. The van der Waals surface area contributed by atoms with Gasteiger partial charge in [0.15, 0.2) is 0 Å². The van der Waals surface area contributed by atoms with E-state index in [9.17, 15) is 9.18 Å². The fourth-order valence-corrected chi connectivity index (χ4v) is 4.88. The topological polar surface area (TPSA) is 73.1 Å². The Kier molecular flexibility index (Phi) is 5.13. The lowest BCUT2D eigenvalue weighted by molar-refractivity contribution is 0.0402. The van der Waals surface area contributed by atoms with Crippen LogP contribution in [0.3, 0.4) is 0 Å². The SMILES string of the molecule is Cc1ccc(-n2nccn2)c(C(=O)N2C3CC[C@H](COc4ccc(F)cn4)[C@@H]2CC3)c1. The molecule has 0 spiro atoms. The number of benzene rings is 1. The Morgan fingerprint density at radius 1 is 1.13 bits per heavy atom. The van der Waals surface area contributed by atoms with Crippen LogP contribution < -0.4 is 4.74 Å². The van der Waals surface area contributed by atoms with Crippen LogP contribution in [0.2, 0.25) is 0 Å². The van der Waals surface area contributed by atoms with Crippen LogP contribution in [0.4, 0.5) is 4.39 Å². The molecular formula is C23H24FN5O2. The van der Waals surface area contributed by atoms with Gasteiger partial charge in [-0.25, -0.2) is 9.37 Å². The monoisotopic (exact) mass is 421 g/mol. The number of hydrogen-bond donors (Lipinski definition) is 0. The van der Waals surface area contributed by atoms with Gasteiger partial charge >= 0.3 is 0 Å². The van der Waals surface area contributed by atoms with Crippen molar-refractivity contribution in [2.75, 3.05) is 6.61 Å². The minimum Gasteiger partial charge on any atom is -0.477 e. The molecule has 7 nitrogen and oxygen atoms in total. The van der Waals surface area contributed by atoms with Crippen molar-refractivity contribution in [3.05, 3.63) is 65.9 Å². The summed E-state index contributed by atoms with van der Waals surface area (Å²) in [5.41, 5.74) is 2.33. The largest absolute Gasteiger partial charge is 0.477 e. The highest BCUT2D eigenvalue weighted by Crippen LogP contribution is 2.40. The summed E-state index contributed by atoms with van der Waals surface area (Å²) in [7, 11) is 0. The normalized spacial score (nSPS) is 22.5. The highest BCUT2D eigenvalue weighted by molar-refractivity contribution is 5.98. The van der Waals surface area contributed by atoms with Crippen molar-refractivity contribution >= 4 is 5.91 Å². The maximum Gasteiger partial charge on any atom is 0.256 e. The first-order chi connectivity index (χ1) is 15.1. The number of rotatable bonds is 5. The highest BCUT2D eigenvalue weighted by Gasteiger charge is 2.45. The van der Waals surface area contributed by atoms with E-state index in [4.69, 9.17) is 4.74 Å². The lowest BCUT2D eigenvalue weighted by Crippen LogP contribution is -2.49. The third-order valence-electron chi connectivity index (χ3n) is 6.36. The Bertz CT molecular complexity index is 1070. The maximum absolute atomic E-state index is 13.7. The van der Waals surface area contributed by atoms with Crippen molar-refractivity contribution in [1.29, 1.82) is 0 Å². The summed E-state index contributed by atoms with van der Waals surface area (Å²) in [6.45, 7) is 2.44. The second-order valence-corrected chi connectivity index (χ2v) is 8.31. The Hall–Kier alpha value is -3.29. The number of hydrogen-bond acceptors (Lipinski definition) is 5. The predicted molar refractivity (Wildman–Crippen MR) is 111 cm³/mol. The van der Waals surface area contributed by atoms with Gasteiger partial charge in [-0.1, -0.05) is 11.6 Å². The third-order valence-corrected chi connectivity index (χ3v) is 6.36. The van der Waals surface area contributed by atoms with Gasteiger partial charge in [0.05, 0.1) is 36.4 Å². The van der Waals surface area contributed by atoms with Gasteiger partial charge in [-0.05, 0) is 50.8 Å². The first-order valence-electron chi connectivity index (χ1n) is 10.6. The molecule has 0 saturated carbocycles. The van der Waals surface area contributed by atoms with E-state index in [0.29, 0.717) is 23.7 Å². The smallest absolute Gasteiger partial charge is 0.256 e. The van der Waals surface area contributed by atoms with Gasteiger partial charge in [-0.15, -0.1) is 0 Å². The number of fused-ring (bicyclic) bond motifs is 2. The van der Waals surface area contributed by atoms with Gasteiger partial charge in [0.2, 0.25) is 5.88 Å². The van der Waals surface area contributed by atoms with Crippen LogP contribution in [0.15, 0.2) is 48.9 Å². The number of aryl methyl sites for hydroxylation is 1. The molecule has 2 aliphatic heterocycles. The van der Waals surface area contributed by atoms with Crippen LogP contribution in [-0.2, 0) is 0 Å². The molecule has 2 saturated heterocycles. The summed E-state index contributed by atoms with van der Waals surface area (Å²) >= 11 is 0. The summed E-state index contributed by atoms with van der Waals surface area (Å²) in [5, 5.41) is 8.45. The van der Waals surface area contributed by atoms with E-state index in [2.05, 4.69) is 20.1 Å². The number of carbonyl (C=O) groups is 1. The van der Waals surface area contributed by atoms with Gasteiger partial charge in [0.1, 0.15) is 5.82 Å². The zero-order valence-corrected chi connectivity index (χ0v) is 17.3. The molecule has 2 aromatic heterocycles. The number of aromatic nitrogens is 4. The Balaban J connectivity index is 1.38. The van der Waals surface area contributed by atoms with Crippen molar-refractivity contribution in [3.63, 3.8) is 0 Å². The molecule has 4 heterocycles. The first kappa shape index (κ1) is 19.7. The van der Waals surface area contributed by atoms with Crippen LogP contribution in [0, 0.1) is 18.7 Å². The Morgan fingerprint density at radius 2 is 1.94 bits per heavy atom. The lowest BCUT2D eigenvalue weighted by atomic mass is 9.90. The first-order valence-corrected chi connectivity index (χ1v) is 10.6. The third kappa shape index (κ3) is 3.78. The van der Waals surface area contributed by atoms with Gasteiger partial charge in [-0.3, -0.25) is 4.79 Å². The molecular weight excluding hydrogens is 397 g/mol. The van der Waals surface area contributed by atoms with E-state index < -0.39 is 0 Å². The van der Waals surface area contributed by atoms with Crippen LogP contribution >= 0.6 is 0 Å². The van der Waals surface area contributed by atoms with Crippen molar-refractivity contribution in [3.8, 4) is 11.6 Å². The number of piperidine rings is 1. The predicted octanol–water partition coefficient (Wildman–Crippen LogP) is 3.57. The molecule has 1 amide bonds. The fraction of sp³-hybridized carbons (Fsp3) is 0.391. The van der Waals surface area contributed by atoms with E-state index in [0.717, 1.165) is 37.4 Å². The van der Waals surface area contributed by atoms with E-state index in [1.807, 2.05) is 25.1 Å². The molecule has 3 atom stereocenters. The van der Waals surface area contributed by atoms with Crippen molar-refractivity contribution in [2.45, 2.75) is 44.7 Å². The molecule has 5 rings (SSSR count). The molecule has 0 radical (unpaired) electrons. The van der Waals surface area contributed by atoms with Crippen LogP contribution in [-0.4, -0.2) is 49.5 Å². The molecule has 0 aliphatic carbocycles. The van der Waals surface area contributed by atoms with Gasteiger partial charge < -0.3 is 9.64 Å². The number of nitrogens with zero attached hydrogens (tertiary/aromatic N) is 5. The van der Waals surface area contributed by atoms with E-state index in [-0.39, 0.29) is 29.7 Å².